The largest absolute Gasteiger partial charge is 0.299 e. The topological polar surface area (TPSA) is 17.1 Å². The summed E-state index contributed by atoms with van der Waals surface area (Å²) in [5.74, 6) is 0.864. The van der Waals surface area contributed by atoms with Crippen molar-refractivity contribution in [3.8, 4) is 0 Å². The Kier molecular flexibility index (Phi) is 2.65. The molecule has 2 unspecified atom stereocenters. The minimum atomic E-state index is -0.111. The Bertz CT molecular complexity index is 413. The van der Waals surface area contributed by atoms with Gasteiger partial charge >= 0.3 is 0 Å². The molecule has 86 valence electrons. The third-order valence-electron chi connectivity index (χ3n) is 4.18. The van der Waals surface area contributed by atoms with Gasteiger partial charge in [0.05, 0.1) is 0 Å². The Morgan fingerprint density at radius 2 is 1.81 bits per heavy atom. The standard InChI is InChI=1S/C15H20O/c1-5-15(4)13(9-14(15)16)12-7-10(2)6-11(3)8-12/h6-8,13H,5,9H2,1-4H3. The van der Waals surface area contributed by atoms with Gasteiger partial charge in [0.25, 0.3) is 0 Å². The lowest BCUT2D eigenvalue weighted by Gasteiger charge is -2.45. The predicted molar refractivity (Wildman–Crippen MR) is 66.7 cm³/mol. The van der Waals surface area contributed by atoms with Crippen LogP contribution in [0.15, 0.2) is 18.2 Å². The fourth-order valence-electron chi connectivity index (χ4n) is 2.85. The van der Waals surface area contributed by atoms with Gasteiger partial charge in [-0.05, 0) is 25.8 Å². The van der Waals surface area contributed by atoms with Gasteiger partial charge in [0.2, 0.25) is 0 Å². The second-order valence-electron chi connectivity index (χ2n) is 5.37. The molecule has 0 aliphatic heterocycles. The van der Waals surface area contributed by atoms with Crippen LogP contribution in [0.3, 0.4) is 0 Å². The van der Waals surface area contributed by atoms with Crippen molar-refractivity contribution in [2.45, 2.75) is 46.5 Å². The molecule has 0 saturated heterocycles. The van der Waals surface area contributed by atoms with Crippen LogP contribution in [0.2, 0.25) is 0 Å². The normalized spacial score (nSPS) is 29.0. The third-order valence-corrected chi connectivity index (χ3v) is 4.18. The van der Waals surface area contributed by atoms with Crippen LogP contribution in [0.5, 0.6) is 0 Å². The van der Waals surface area contributed by atoms with E-state index in [0.717, 1.165) is 12.8 Å². The molecule has 1 aromatic rings. The summed E-state index contributed by atoms with van der Waals surface area (Å²) in [7, 11) is 0. The third kappa shape index (κ3) is 1.59. The zero-order valence-electron chi connectivity index (χ0n) is 10.6. The monoisotopic (exact) mass is 216 g/mol. The summed E-state index contributed by atoms with van der Waals surface area (Å²) in [6, 6.07) is 6.66. The molecule has 0 N–H and O–H groups in total. The maximum absolute atomic E-state index is 11.7. The summed E-state index contributed by atoms with van der Waals surface area (Å²) in [5, 5.41) is 0. The SMILES string of the molecule is CCC1(C)C(=O)CC1c1cc(C)cc(C)c1. The fourth-order valence-corrected chi connectivity index (χ4v) is 2.85. The van der Waals surface area contributed by atoms with Crippen molar-refractivity contribution in [2.24, 2.45) is 5.41 Å². The molecular formula is C15H20O. The first-order valence-corrected chi connectivity index (χ1v) is 6.09. The maximum Gasteiger partial charge on any atom is 0.140 e. The van der Waals surface area contributed by atoms with Gasteiger partial charge < -0.3 is 0 Å². The van der Waals surface area contributed by atoms with Crippen LogP contribution in [-0.2, 0) is 4.79 Å². The van der Waals surface area contributed by atoms with Crippen LogP contribution in [0.4, 0.5) is 0 Å². The van der Waals surface area contributed by atoms with Crippen LogP contribution in [0.1, 0.15) is 49.3 Å². The molecule has 1 nitrogen and oxygen atoms in total. The van der Waals surface area contributed by atoms with Gasteiger partial charge in [-0.25, -0.2) is 0 Å². The Morgan fingerprint density at radius 1 is 1.25 bits per heavy atom. The molecule has 1 aromatic carbocycles. The van der Waals surface area contributed by atoms with Gasteiger partial charge in [-0.2, -0.15) is 0 Å². The molecule has 0 radical (unpaired) electrons. The van der Waals surface area contributed by atoms with Gasteiger partial charge in [-0.15, -0.1) is 0 Å². The molecule has 0 amide bonds. The highest BCUT2D eigenvalue weighted by atomic mass is 16.1. The van der Waals surface area contributed by atoms with Crippen molar-refractivity contribution in [1.29, 1.82) is 0 Å². The lowest BCUT2D eigenvalue weighted by atomic mass is 9.56. The van der Waals surface area contributed by atoms with E-state index in [1.165, 1.54) is 16.7 Å². The first-order valence-electron chi connectivity index (χ1n) is 6.09. The van der Waals surface area contributed by atoms with Crippen molar-refractivity contribution in [3.63, 3.8) is 0 Å². The Balaban J connectivity index is 2.36. The van der Waals surface area contributed by atoms with E-state index in [1.54, 1.807) is 0 Å². The highest BCUT2D eigenvalue weighted by Gasteiger charge is 2.50. The minimum absolute atomic E-state index is 0.111. The van der Waals surface area contributed by atoms with Gasteiger partial charge in [-0.1, -0.05) is 43.2 Å². The number of ketones is 1. The zero-order valence-corrected chi connectivity index (χ0v) is 10.6. The number of benzene rings is 1. The van der Waals surface area contributed by atoms with Crippen molar-refractivity contribution in [3.05, 3.63) is 34.9 Å². The van der Waals surface area contributed by atoms with Gasteiger partial charge in [0.15, 0.2) is 0 Å². The summed E-state index contributed by atoms with van der Waals surface area (Å²) in [4.78, 5) is 11.7. The van der Waals surface area contributed by atoms with Crippen LogP contribution in [0.25, 0.3) is 0 Å². The molecular weight excluding hydrogens is 196 g/mol. The molecule has 16 heavy (non-hydrogen) atoms. The lowest BCUT2D eigenvalue weighted by Crippen LogP contribution is -2.45. The molecule has 0 spiro atoms. The summed E-state index contributed by atoms with van der Waals surface area (Å²) < 4.78 is 0. The highest BCUT2D eigenvalue weighted by molar-refractivity contribution is 5.93. The fraction of sp³-hybridized carbons (Fsp3) is 0.533. The molecule has 1 saturated carbocycles. The van der Waals surface area contributed by atoms with Crippen LogP contribution in [0, 0.1) is 19.3 Å². The summed E-state index contributed by atoms with van der Waals surface area (Å²) in [6.07, 6.45) is 1.68. The summed E-state index contributed by atoms with van der Waals surface area (Å²) >= 11 is 0. The number of rotatable bonds is 2. The Labute approximate surface area is 97.9 Å². The molecule has 0 aromatic heterocycles. The van der Waals surface area contributed by atoms with Crippen LogP contribution in [-0.4, -0.2) is 5.78 Å². The lowest BCUT2D eigenvalue weighted by molar-refractivity contribution is -0.139. The van der Waals surface area contributed by atoms with E-state index in [9.17, 15) is 4.79 Å². The Hall–Kier alpha value is -1.11. The minimum Gasteiger partial charge on any atom is -0.299 e. The van der Waals surface area contributed by atoms with Crippen LogP contribution >= 0.6 is 0 Å². The number of hydrogen-bond donors (Lipinski definition) is 0. The number of hydrogen-bond acceptors (Lipinski definition) is 1. The molecule has 0 heterocycles. The van der Waals surface area contributed by atoms with E-state index < -0.39 is 0 Å². The quantitative estimate of drug-likeness (QED) is 0.735. The van der Waals surface area contributed by atoms with Crippen molar-refractivity contribution >= 4 is 5.78 Å². The van der Waals surface area contributed by atoms with Crippen LogP contribution < -0.4 is 0 Å². The second-order valence-corrected chi connectivity index (χ2v) is 5.37. The highest BCUT2D eigenvalue weighted by Crippen LogP contribution is 2.52. The average Bonchev–Trinajstić information content (AvgIpc) is 2.23. The van der Waals surface area contributed by atoms with Crippen molar-refractivity contribution < 1.29 is 4.79 Å². The first kappa shape index (κ1) is 11.4. The van der Waals surface area contributed by atoms with E-state index in [2.05, 4.69) is 45.9 Å². The first-order chi connectivity index (χ1) is 7.47. The second kappa shape index (κ2) is 3.73. The Morgan fingerprint density at radius 3 is 2.25 bits per heavy atom. The van der Waals surface area contributed by atoms with Gasteiger partial charge in [-0.3, -0.25) is 4.79 Å². The van der Waals surface area contributed by atoms with E-state index in [4.69, 9.17) is 0 Å². The maximum atomic E-state index is 11.7. The molecule has 2 atom stereocenters. The zero-order chi connectivity index (χ0) is 11.9. The molecule has 0 bridgehead atoms. The van der Waals surface area contributed by atoms with Gasteiger partial charge in [0.1, 0.15) is 5.78 Å². The van der Waals surface area contributed by atoms with Crippen molar-refractivity contribution in [1.82, 2.24) is 0 Å². The predicted octanol–water partition coefficient (Wildman–Crippen LogP) is 3.78. The number of carbonyl (C=O) groups is 1. The molecule has 1 heteroatoms. The van der Waals surface area contributed by atoms with Gasteiger partial charge in [0, 0.05) is 17.8 Å². The summed E-state index contributed by atoms with van der Waals surface area (Å²) in [5.41, 5.74) is 3.84. The molecule has 2 rings (SSSR count). The van der Waals surface area contributed by atoms with E-state index in [0.29, 0.717) is 11.7 Å². The average molecular weight is 216 g/mol. The summed E-state index contributed by atoms with van der Waals surface area (Å²) in [6.45, 7) is 8.48. The van der Waals surface area contributed by atoms with Crippen molar-refractivity contribution in [2.75, 3.05) is 0 Å². The number of aryl methyl sites for hydroxylation is 2. The molecule has 1 aliphatic rings. The number of Topliss-reactive ketones (excluding diaryl/α,β-unsaturated/α-hetero) is 1. The van der Waals surface area contributed by atoms with E-state index in [1.807, 2.05) is 0 Å². The molecule has 1 aliphatic carbocycles. The van der Waals surface area contributed by atoms with E-state index >= 15 is 0 Å². The smallest absolute Gasteiger partial charge is 0.140 e. The van der Waals surface area contributed by atoms with E-state index in [-0.39, 0.29) is 5.41 Å². The number of carbonyl (C=O) groups excluding carboxylic acids is 1. The molecule has 1 fully saturated rings.